The van der Waals surface area contributed by atoms with E-state index in [0.717, 1.165) is 35.6 Å². The monoisotopic (exact) mass is 214 g/mol. The van der Waals surface area contributed by atoms with Gasteiger partial charge in [-0.3, -0.25) is 19.9 Å². The van der Waals surface area contributed by atoms with Crippen LogP contribution >= 0.6 is 0 Å². The summed E-state index contributed by atoms with van der Waals surface area (Å²) in [5.41, 5.74) is 3.98. The van der Waals surface area contributed by atoms with Gasteiger partial charge in [-0.2, -0.15) is 0 Å². The molecule has 0 atom stereocenters. The molecule has 2 aromatic rings. The lowest BCUT2D eigenvalue weighted by atomic mass is 10.1. The Balaban J connectivity index is 2.05. The van der Waals surface area contributed by atoms with E-state index in [9.17, 15) is 0 Å². The van der Waals surface area contributed by atoms with Gasteiger partial charge < -0.3 is 0 Å². The van der Waals surface area contributed by atoms with E-state index in [0.29, 0.717) is 0 Å². The molecule has 0 fully saturated rings. The molecule has 0 aliphatic carbocycles. The molecule has 4 nitrogen and oxygen atoms in total. The molecule has 2 heterocycles. The van der Waals surface area contributed by atoms with Crippen LogP contribution in [0, 0.1) is 13.8 Å². The number of hydrogen-bond acceptors (Lipinski definition) is 4. The van der Waals surface area contributed by atoms with Gasteiger partial charge in [-0.1, -0.05) is 0 Å². The maximum Gasteiger partial charge on any atom is 0.0619 e. The van der Waals surface area contributed by atoms with Crippen LogP contribution in [0.4, 0.5) is 0 Å². The van der Waals surface area contributed by atoms with Crippen molar-refractivity contribution in [3.63, 3.8) is 0 Å². The number of nitrogens with zero attached hydrogens (tertiary/aromatic N) is 4. The molecule has 2 rings (SSSR count). The van der Waals surface area contributed by atoms with E-state index in [-0.39, 0.29) is 0 Å². The third kappa shape index (κ3) is 2.59. The fourth-order valence-electron chi connectivity index (χ4n) is 1.56. The van der Waals surface area contributed by atoms with Crippen LogP contribution in [0.1, 0.15) is 22.8 Å². The minimum Gasteiger partial charge on any atom is -0.261 e. The van der Waals surface area contributed by atoms with Gasteiger partial charge in [0.15, 0.2) is 0 Å². The highest BCUT2D eigenvalue weighted by Crippen LogP contribution is 2.05. The van der Waals surface area contributed by atoms with Gasteiger partial charge in [0.2, 0.25) is 0 Å². The molecule has 0 amide bonds. The molecule has 82 valence electrons. The van der Waals surface area contributed by atoms with Gasteiger partial charge in [-0.25, -0.2) is 0 Å². The minimum atomic E-state index is 0.855. The average Bonchev–Trinajstić information content (AvgIpc) is 2.28. The quantitative estimate of drug-likeness (QED) is 0.779. The summed E-state index contributed by atoms with van der Waals surface area (Å²) < 4.78 is 0. The Labute approximate surface area is 94.8 Å². The lowest BCUT2D eigenvalue weighted by Crippen LogP contribution is -2.01. The molecule has 2 aromatic heterocycles. The first-order valence-electron chi connectivity index (χ1n) is 5.30. The molecule has 0 aliphatic heterocycles. The average molecular weight is 214 g/mol. The molecule has 16 heavy (non-hydrogen) atoms. The van der Waals surface area contributed by atoms with Crippen LogP contribution < -0.4 is 0 Å². The molecule has 0 aromatic carbocycles. The zero-order valence-corrected chi connectivity index (χ0v) is 9.51. The van der Waals surface area contributed by atoms with Crippen molar-refractivity contribution in [3.8, 4) is 0 Å². The number of hydrogen-bond donors (Lipinski definition) is 0. The third-order valence-corrected chi connectivity index (χ3v) is 2.41. The second kappa shape index (κ2) is 4.79. The predicted molar refractivity (Wildman–Crippen MR) is 60.9 cm³/mol. The summed E-state index contributed by atoms with van der Waals surface area (Å²) in [5.74, 6) is 0. The van der Waals surface area contributed by atoms with Crippen LogP contribution in [0.3, 0.4) is 0 Å². The van der Waals surface area contributed by atoms with Crippen molar-refractivity contribution < 1.29 is 0 Å². The van der Waals surface area contributed by atoms with Crippen LogP contribution in [-0.2, 0) is 12.8 Å². The van der Waals surface area contributed by atoms with E-state index in [4.69, 9.17) is 0 Å². The number of rotatable bonds is 3. The van der Waals surface area contributed by atoms with Crippen molar-refractivity contribution in [1.29, 1.82) is 0 Å². The van der Waals surface area contributed by atoms with Gasteiger partial charge in [0.1, 0.15) is 0 Å². The van der Waals surface area contributed by atoms with Crippen LogP contribution in [0.2, 0.25) is 0 Å². The largest absolute Gasteiger partial charge is 0.261 e. The third-order valence-electron chi connectivity index (χ3n) is 2.41. The molecule has 0 saturated carbocycles. The smallest absolute Gasteiger partial charge is 0.0619 e. The Morgan fingerprint density at radius 1 is 1.00 bits per heavy atom. The second-order valence-electron chi connectivity index (χ2n) is 3.74. The summed E-state index contributed by atoms with van der Waals surface area (Å²) in [5, 5.41) is 0. The minimum absolute atomic E-state index is 0.855. The fourth-order valence-corrected chi connectivity index (χ4v) is 1.56. The lowest BCUT2D eigenvalue weighted by Gasteiger charge is -2.03. The predicted octanol–water partition coefficient (Wildman–Crippen LogP) is 1.67. The van der Waals surface area contributed by atoms with Crippen molar-refractivity contribution in [2.24, 2.45) is 0 Å². The van der Waals surface area contributed by atoms with Crippen LogP contribution in [0.5, 0.6) is 0 Å². The van der Waals surface area contributed by atoms with Gasteiger partial charge in [0.25, 0.3) is 0 Å². The number of aryl methyl sites for hydroxylation is 4. The Morgan fingerprint density at radius 2 is 1.81 bits per heavy atom. The van der Waals surface area contributed by atoms with Gasteiger partial charge in [-0.05, 0) is 26.7 Å². The molecule has 0 aliphatic rings. The molecule has 0 saturated heterocycles. The molecule has 0 bridgehead atoms. The molecule has 0 spiro atoms. The maximum atomic E-state index is 4.41. The van der Waals surface area contributed by atoms with E-state index in [1.807, 2.05) is 13.8 Å². The SMILES string of the molecule is Cc1cncc(CCc2nccnc2C)n1. The summed E-state index contributed by atoms with van der Waals surface area (Å²) in [6.07, 6.45) is 8.72. The van der Waals surface area contributed by atoms with Gasteiger partial charge >= 0.3 is 0 Å². The second-order valence-corrected chi connectivity index (χ2v) is 3.74. The molecular formula is C12H14N4. The highest BCUT2D eigenvalue weighted by atomic mass is 14.8. The van der Waals surface area contributed by atoms with Gasteiger partial charge in [0, 0.05) is 24.8 Å². The van der Waals surface area contributed by atoms with E-state index >= 15 is 0 Å². The zero-order valence-electron chi connectivity index (χ0n) is 9.51. The first kappa shape index (κ1) is 10.7. The summed E-state index contributed by atoms with van der Waals surface area (Å²) >= 11 is 0. The summed E-state index contributed by atoms with van der Waals surface area (Å²) in [6.45, 7) is 3.92. The van der Waals surface area contributed by atoms with Gasteiger partial charge in [-0.15, -0.1) is 0 Å². The van der Waals surface area contributed by atoms with Crippen LogP contribution in [0.25, 0.3) is 0 Å². The van der Waals surface area contributed by atoms with Crippen molar-refractivity contribution in [1.82, 2.24) is 19.9 Å². The van der Waals surface area contributed by atoms with E-state index < -0.39 is 0 Å². The maximum absolute atomic E-state index is 4.41. The Bertz CT molecular complexity index is 482. The topological polar surface area (TPSA) is 51.6 Å². The lowest BCUT2D eigenvalue weighted by molar-refractivity contribution is 0.838. The Morgan fingerprint density at radius 3 is 2.56 bits per heavy atom. The number of aromatic nitrogens is 4. The Hall–Kier alpha value is -1.84. The van der Waals surface area contributed by atoms with Crippen LogP contribution in [0.15, 0.2) is 24.8 Å². The summed E-state index contributed by atoms with van der Waals surface area (Å²) in [7, 11) is 0. The summed E-state index contributed by atoms with van der Waals surface area (Å²) in [4.78, 5) is 17.0. The van der Waals surface area contributed by atoms with Crippen molar-refractivity contribution in [3.05, 3.63) is 47.6 Å². The highest BCUT2D eigenvalue weighted by Gasteiger charge is 2.02. The summed E-state index contributed by atoms with van der Waals surface area (Å²) in [6, 6.07) is 0. The standard InChI is InChI=1S/C12H14N4/c1-9-7-13-8-11(16-9)3-4-12-10(2)14-5-6-15-12/h5-8H,3-4H2,1-2H3. The van der Waals surface area contributed by atoms with Crippen LogP contribution in [-0.4, -0.2) is 19.9 Å². The molecule has 4 heteroatoms. The van der Waals surface area contributed by atoms with E-state index in [2.05, 4.69) is 19.9 Å². The van der Waals surface area contributed by atoms with Crippen molar-refractivity contribution in [2.45, 2.75) is 26.7 Å². The molecule has 0 radical (unpaired) electrons. The highest BCUT2D eigenvalue weighted by molar-refractivity contribution is 5.11. The molecular weight excluding hydrogens is 200 g/mol. The van der Waals surface area contributed by atoms with E-state index in [1.165, 1.54) is 0 Å². The zero-order chi connectivity index (χ0) is 11.4. The first-order valence-corrected chi connectivity index (χ1v) is 5.30. The molecule has 0 unspecified atom stereocenters. The molecule has 0 N–H and O–H groups in total. The first-order chi connectivity index (χ1) is 7.75. The van der Waals surface area contributed by atoms with E-state index in [1.54, 1.807) is 24.8 Å². The van der Waals surface area contributed by atoms with Gasteiger partial charge in [0.05, 0.1) is 22.8 Å². The normalized spacial score (nSPS) is 10.4. The Kier molecular flexibility index (Phi) is 3.19. The van der Waals surface area contributed by atoms with Crippen molar-refractivity contribution >= 4 is 0 Å². The fraction of sp³-hybridized carbons (Fsp3) is 0.333. The van der Waals surface area contributed by atoms with Crippen molar-refractivity contribution in [2.75, 3.05) is 0 Å².